The Bertz CT molecular complexity index is 1280. The Morgan fingerprint density at radius 1 is 1.12 bits per heavy atom. The third kappa shape index (κ3) is 4.34. The number of pyridine rings is 1. The van der Waals surface area contributed by atoms with Gasteiger partial charge >= 0.3 is 0 Å². The van der Waals surface area contributed by atoms with Crippen LogP contribution in [0.4, 0.5) is 5.69 Å². The molecule has 32 heavy (non-hydrogen) atoms. The van der Waals surface area contributed by atoms with Crippen LogP contribution in [0.5, 0.6) is 5.75 Å². The highest BCUT2D eigenvalue weighted by molar-refractivity contribution is 8.00. The summed E-state index contributed by atoms with van der Waals surface area (Å²) < 4.78 is 7.17. The van der Waals surface area contributed by atoms with Crippen molar-refractivity contribution in [3.8, 4) is 16.9 Å². The number of methoxy groups -OCH3 is 1. The molecule has 4 rings (SSSR count). The normalized spacial score (nSPS) is 12.0. The van der Waals surface area contributed by atoms with Crippen LogP contribution in [0.2, 0.25) is 0 Å². The molecule has 4 aromatic rings. The lowest BCUT2D eigenvalue weighted by Gasteiger charge is -2.14. The second kappa shape index (κ2) is 9.04. The highest BCUT2D eigenvalue weighted by Gasteiger charge is 2.20. The average molecular weight is 447 g/mol. The Morgan fingerprint density at radius 2 is 1.88 bits per heavy atom. The van der Waals surface area contributed by atoms with Gasteiger partial charge in [-0.25, -0.2) is 4.98 Å². The number of benzene rings is 2. The first-order valence-corrected chi connectivity index (χ1v) is 11.3. The number of fused-ring (bicyclic) bond motifs is 1. The summed E-state index contributed by atoms with van der Waals surface area (Å²) >= 11 is 1.44. The lowest BCUT2D eigenvalue weighted by molar-refractivity contribution is -0.115. The number of hydrogen-bond acceptors (Lipinski definition) is 5. The zero-order valence-corrected chi connectivity index (χ0v) is 19.7. The second-order valence-corrected chi connectivity index (χ2v) is 9.04. The maximum Gasteiger partial charge on any atom is 0.237 e. The molecule has 0 spiro atoms. The van der Waals surface area contributed by atoms with Crippen molar-refractivity contribution in [2.75, 3.05) is 12.4 Å². The van der Waals surface area contributed by atoms with Gasteiger partial charge in [0.1, 0.15) is 5.75 Å². The van der Waals surface area contributed by atoms with Gasteiger partial charge in [-0.2, -0.15) is 5.10 Å². The number of carbonyl (C=O) groups is 1. The van der Waals surface area contributed by atoms with E-state index in [0.29, 0.717) is 0 Å². The van der Waals surface area contributed by atoms with Crippen molar-refractivity contribution in [2.24, 2.45) is 7.05 Å². The second-order valence-electron chi connectivity index (χ2n) is 7.68. The molecule has 2 aromatic carbocycles. The molecule has 1 amide bonds. The number of thioether (sulfide) groups is 1. The fourth-order valence-corrected chi connectivity index (χ4v) is 4.51. The van der Waals surface area contributed by atoms with Crippen LogP contribution in [0.25, 0.3) is 22.0 Å². The van der Waals surface area contributed by atoms with Crippen molar-refractivity contribution in [1.82, 2.24) is 14.8 Å². The van der Waals surface area contributed by atoms with Crippen molar-refractivity contribution >= 4 is 34.3 Å². The van der Waals surface area contributed by atoms with Crippen LogP contribution in [0.15, 0.2) is 59.6 Å². The number of anilines is 1. The predicted molar refractivity (Wildman–Crippen MR) is 130 cm³/mol. The lowest BCUT2D eigenvalue weighted by atomic mass is 10.0. The Kier molecular flexibility index (Phi) is 6.19. The molecule has 0 saturated heterocycles. The predicted octanol–water partition coefficient (Wildman–Crippen LogP) is 5.38. The molecule has 1 atom stereocenters. The molecule has 2 aromatic heterocycles. The molecule has 0 radical (unpaired) electrons. The highest BCUT2D eigenvalue weighted by atomic mass is 32.2. The minimum Gasteiger partial charge on any atom is -0.497 e. The molecular weight excluding hydrogens is 420 g/mol. The first kappa shape index (κ1) is 21.9. The van der Waals surface area contributed by atoms with Gasteiger partial charge in [0.25, 0.3) is 0 Å². The summed E-state index contributed by atoms with van der Waals surface area (Å²) in [5.74, 6) is 0.669. The summed E-state index contributed by atoms with van der Waals surface area (Å²) in [7, 11) is 3.52. The molecule has 1 N–H and O–H groups in total. The third-order valence-corrected chi connectivity index (χ3v) is 6.52. The molecule has 0 bridgehead atoms. The van der Waals surface area contributed by atoms with Gasteiger partial charge < -0.3 is 10.1 Å². The Balaban J connectivity index is 1.66. The van der Waals surface area contributed by atoms with E-state index in [9.17, 15) is 4.79 Å². The van der Waals surface area contributed by atoms with Crippen molar-refractivity contribution < 1.29 is 9.53 Å². The number of carbonyl (C=O) groups excluding carboxylic acids is 1. The van der Waals surface area contributed by atoms with Gasteiger partial charge in [-0.3, -0.25) is 9.48 Å². The number of aromatic nitrogens is 3. The van der Waals surface area contributed by atoms with E-state index in [1.807, 2.05) is 64.2 Å². The van der Waals surface area contributed by atoms with Crippen molar-refractivity contribution in [3.05, 3.63) is 66.0 Å². The Hall–Kier alpha value is -3.32. The number of hydrogen-bond donors (Lipinski definition) is 1. The molecule has 164 valence electrons. The van der Waals surface area contributed by atoms with Crippen LogP contribution >= 0.6 is 11.8 Å². The average Bonchev–Trinajstić information content (AvgIpc) is 3.04. The van der Waals surface area contributed by atoms with Gasteiger partial charge in [0.2, 0.25) is 5.91 Å². The molecule has 6 nitrogen and oxygen atoms in total. The number of ether oxygens (including phenoxy) is 1. The highest BCUT2D eigenvalue weighted by Crippen LogP contribution is 2.34. The van der Waals surface area contributed by atoms with Gasteiger partial charge in [-0.1, -0.05) is 42.1 Å². The number of aryl methyl sites for hydroxylation is 2. The molecule has 0 fully saturated rings. The lowest BCUT2D eigenvalue weighted by Crippen LogP contribution is -2.23. The van der Waals surface area contributed by atoms with E-state index in [2.05, 4.69) is 28.6 Å². The number of amides is 1. The molecule has 0 aliphatic carbocycles. The minimum absolute atomic E-state index is 0.0806. The van der Waals surface area contributed by atoms with Crippen LogP contribution in [0.1, 0.15) is 18.3 Å². The summed E-state index contributed by atoms with van der Waals surface area (Å²) in [6, 6.07) is 18.2. The summed E-state index contributed by atoms with van der Waals surface area (Å²) in [6.07, 6.45) is 0. The molecule has 0 aliphatic rings. The summed E-state index contributed by atoms with van der Waals surface area (Å²) in [6.45, 7) is 5.73. The summed E-state index contributed by atoms with van der Waals surface area (Å²) in [4.78, 5) is 17.8. The maximum atomic E-state index is 12.9. The SMILES string of the molecule is COc1ccc2c(-c3ccccc3)cc(S[C@@H](C)C(=O)Nc3c(C)nn(C)c3C)nc2c1. The Morgan fingerprint density at radius 3 is 2.53 bits per heavy atom. The zero-order chi connectivity index (χ0) is 22.8. The van der Waals surface area contributed by atoms with Crippen LogP contribution in [-0.2, 0) is 11.8 Å². The molecular formula is C25H26N4O2S. The molecule has 0 saturated carbocycles. The van der Waals surface area contributed by atoms with Gasteiger partial charge in [0.05, 0.1) is 40.0 Å². The summed E-state index contributed by atoms with van der Waals surface area (Å²) in [5.41, 5.74) is 5.51. The fourth-order valence-electron chi connectivity index (χ4n) is 3.64. The zero-order valence-electron chi connectivity index (χ0n) is 18.8. The number of nitrogens with zero attached hydrogens (tertiary/aromatic N) is 3. The molecule has 0 aliphatic heterocycles. The monoisotopic (exact) mass is 446 g/mol. The van der Waals surface area contributed by atoms with Crippen molar-refractivity contribution in [2.45, 2.75) is 31.0 Å². The van der Waals surface area contributed by atoms with E-state index in [1.165, 1.54) is 11.8 Å². The smallest absolute Gasteiger partial charge is 0.237 e. The van der Waals surface area contributed by atoms with Crippen molar-refractivity contribution in [3.63, 3.8) is 0 Å². The van der Waals surface area contributed by atoms with E-state index in [0.717, 1.165) is 49.9 Å². The summed E-state index contributed by atoms with van der Waals surface area (Å²) in [5, 5.41) is 8.89. The van der Waals surface area contributed by atoms with E-state index >= 15 is 0 Å². The standard InChI is InChI=1S/C25H26N4O2S/c1-15-24(16(2)29(4)28-15)27-25(30)17(3)32-23-14-21(18-9-7-6-8-10-18)20-12-11-19(31-5)13-22(20)26-23/h6-14,17H,1-5H3,(H,27,30)/t17-/m0/s1. The van der Waals surface area contributed by atoms with E-state index in [1.54, 1.807) is 11.8 Å². The van der Waals surface area contributed by atoms with E-state index in [-0.39, 0.29) is 11.2 Å². The largest absolute Gasteiger partial charge is 0.497 e. The van der Waals surface area contributed by atoms with E-state index < -0.39 is 0 Å². The maximum absolute atomic E-state index is 12.9. The van der Waals surface area contributed by atoms with Gasteiger partial charge in [0, 0.05) is 18.5 Å². The molecule has 0 unspecified atom stereocenters. The van der Waals surface area contributed by atoms with Gasteiger partial charge in [-0.15, -0.1) is 0 Å². The fraction of sp³-hybridized carbons (Fsp3) is 0.240. The number of rotatable bonds is 6. The number of nitrogens with one attached hydrogen (secondary N) is 1. The van der Waals surface area contributed by atoms with E-state index in [4.69, 9.17) is 9.72 Å². The van der Waals surface area contributed by atoms with Gasteiger partial charge in [-0.05, 0) is 50.1 Å². The first-order valence-electron chi connectivity index (χ1n) is 10.4. The third-order valence-electron chi connectivity index (χ3n) is 5.50. The van der Waals surface area contributed by atoms with Crippen LogP contribution in [0, 0.1) is 13.8 Å². The molecule has 2 heterocycles. The van der Waals surface area contributed by atoms with Crippen LogP contribution in [-0.4, -0.2) is 33.0 Å². The Labute approximate surface area is 192 Å². The quantitative estimate of drug-likeness (QED) is 0.403. The minimum atomic E-state index is -0.340. The van der Waals surface area contributed by atoms with Crippen molar-refractivity contribution in [1.29, 1.82) is 0 Å². The van der Waals surface area contributed by atoms with Crippen LogP contribution < -0.4 is 10.1 Å². The topological polar surface area (TPSA) is 69.0 Å². The van der Waals surface area contributed by atoms with Crippen LogP contribution in [0.3, 0.4) is 0 Å². The van der Waals surface area contributed by atoms with Gasteiger partial charge in [0.15, 0.2) is 0 Å². The molecule has 7 heteroatoms. The first-order chi connectivity index (χ1) is 15.4.